The first-order valence-corrected chi connectivity index (χ1v) is 12.2. The van der Waals surface area contributed by atoms with Crippen LogP contribution in [0, 0.1) is 11.6 Å². The molecular formula is C25H29F8N5O6. The second kappa shape index (κ2) is 18.2. The van der Waals surface area contributed by atoms with Crippen LogP contribution in [0.5, 0.6) is 0 Å². The molecule has 44 heavy (non-hydrogen) atoms. The number of carbonyl (C=O) groups is 4. The van der Waals surface area contributed by atoms with Gasteiger partial charge in [0.15, 0.2) is 11.6 Å². The predicted molar refractivity (Wildman–Crippen MR) is 138 cm³/mol. The molecule has 0 bridgehead atoms. The summed E-state index contributed by atoms with van der Waals surface area (Å²) in [6, 6.07) is 5.81. The predicted octanol–water partition coefficient (Wildman–Crippen LogP) is 2.89. The van der Waals surface area contributed by atoms with E-state index in [1.807, 2.05) is 18.7 Å². The zero-order valence-corrected chi connectivity index (χ0v) is 23.1. The molecule has 1 aromatic carbocycles. The summed E-state index contributed by atoms with van der Waals surface area (Å²) in [4.78, 5) is 48.8. The number of hydrogen-bond acceptors (Lipinski definition) is 7. The Morgan fingerprint density at radius 3 is 1.80 bits per heavy atom. The van der Waals surface area contributed by atoms with Crippen molar-refractivity contribution in [3.05, 3.63) is 59.3 Å². The zero-order chi connectivity index (χ0) is 34.3. The number of benzene rings is 1. The summed E-state index contributed by atoms with van der Waals surface area (Å²) in [5.74, 6) is -7.89. The van der Waals surface area contributed by atoms with Crippen LogP contribution in [-0.2, 0) is 32.1 Å². The molecule has 1 heterocycles. The maximum Gasteiger partial charge on any atom is 0.490 e. The first-order valence-electron chi connectivity index (χ1n) is 12.2. The lowest BCUT2D eigenvalue weighted by atomic mass is 10.0. The van der Waals surface area contributed by atoms with Gasteiger partial charge in [0.2, 0.25) is 11.8 Å². The molecule has 0 radical (unpaired) electrons. The van der Waals surface area contributed by atoms with E-state index in [2.05, 4.69) is 15.6 Å². The Kier molecular flexibility index (Phi) is 16.3. The summed E-state index contributed by atoms with van der Waals surface area (Å²) >= 11 is 0. The number of aromatic nitrogens is 1. The third-order valence-corrected chi connectivity index (χ3v) is 5.14. The Hall–Kier alpha value is -4.55. The van der Waals surface area contributed by atoms with Crippen molar-refractivity contribution in [1.29, 1.82) is 0 Å². The molecule has 246 valence electrons. The number of nitrogens with two attached hydrogens (primary N) is 1. The number of likely N-dealkylation sites (N-methyl/N-ethyl adjacent to an activating group) is 1. The average molecular weight is 648 g/mol. The van der Waals surface area contributed by atoms with Gasteiger partial charge in [-0.3, -0.25) is 14.5 Å². The van der Waals surface area contributed by atoms with Gasteiger partial charge in [0.25, 0.3) is 0 Å². The van der Waals surface area contributed by atoms with Crippen molar-refractivity contribution in [2.24, 2.45) is 0 Å². The van der Waals surface area contributed by atoms with Crippen molar-refractivity contribution in [2.75, 3.05) is 25.4 Å². The number of nitrogens with one attached hydrogen (secondary N) is 2. The normalized spacial score (nSPS) is 11.7. The number of nitrogen functional groups attached to an aromatic ring is 1. The molecule has 0 aliphatic rings. The van der Waals surface area contributed by atoms with Gasteiger partial charge in [-0.05, 0) is 42.4 Å². The fourth-order valence-electron chi connectivity index (χ4n) is 2.85. The Labute approximate surface area is 245 Å². The number of anilines is 1. The minimum Gasteiger partial charge on any atom is -0.475 e. The molecule has 2 rings (SSSR count). The molecule has 0 aliphatic heterocycles. The smallest absolute Gasteiger partial charge is 0.475 e. The van der Waals surface area contributed by atoms with Gasteiger partial charge in [-0.1, -0.05) is 26.0 Å². The van der Waals surface area contributed by atoms with Crippen LogP contribution in [0.2, 0.25) is 0 Å². The monoisotopic (exact) mass is 647 g/mol. The number of aliphatic carboxylic acids is 2. The van der Waals surface area contributed by atoms with E-state index in [0.717, 1.165) is 17.7 Å². The highest BCUT2D eigenvalue weighted by Crippen LogP contribution is 2.14. The molecule has 2 aromatic rings. The molecule has 11 nitrogen and oxygen atoms in total. The Morgan fingerprint density at radius 2 is 1.39 bits per heavy atom. The molecule has 1 atom stereocenters. The SMILES string of the molecule is CCN(CC)CC(=O)N[C@@H](Cc1ccc(F)c(F)c1)C(=O)NCc1ccc(N)nc1.O=C(O)C(F)(F)F.O=C(O)C(F)(F)F. The highest BCUT2D eigenvalue weighted by atomic mass is 19.4. The summed E-state index contributed by atoms with van der Waals surface area (Å²) in [5.41, 5.74) is 6.68. The van der Waals surface area contributed by atoms with Crippen molar-refractivity contribution in [1.82, 2.24) is 20.5 Å². The van der Waals surface area contributed by atoms with Crippen LogP contribution < -0.4 is 16.4 Å². The number of carboxylic acid groups (broad SMARTS) is 2. The summed E-state index contributed by atoms with van der Waals surface area (Å²) in [7, 11) is 0. The van der Waals surface area contributed by atoms with E-state index < -0.39 is 47.9 Å². The number of carboxylic acids is 2. The maximum atomic E-state index is 13.6. The number of alkyl halides is 6. The standard InChI is InChI=1S/C21H27F2N5O2.2C2HF3O2/c1-3-28(4-2)13-20(29)27-18(10-14-5-7-16(22)17(23)9-14)21(30)26-12-15-6-8-19(24)25-11-15;2*3-2(4,5)1(6)7/h5-9,11,18H,3-4,10,12-13H2,1-2H3,(H2,24,25)(H,26,30)(H,27,29);2*(H,6,7)/t18-;;/m0../s1. The number of carbonyl (C=O) groups excluding carboxylic acids is 2. The van der Waals surface area contributed by atoms with Gasteiger partial charge in [-0.2, -0.15) is 26.3 Å². The lowest BCUT2D eigenvalue weighted by Crippen LogP contribution is -2.50. The molecule has 6 N–H and O–H groups in total. The quantitative estimate of drug-likeness (QED) is 0.243. The highest BCUT2D eigenvalue weighted by Gasteiger charge is 2.38. The zero-order valence-electron chi connectivity index (χ0n) is 23.1. The molecular weight excluding hydrogens is 618 g/mol. The molecule has 0 saturated carbocycles. The van der Waals surface area contributed by atoms with Crippen molar-refractivity contribution < 1.29 is 64.5 Å². The first kappa shape index (κ1) is 39.5. The Morgan fingerprint density at radius 1 is 0.886 bits per heavy atom. The largest absolute Gasteiger partial charge is 0.490 e. The van der Waals surface area contributed by atoms with Gasteiger partial charge in [0, 0.05) is 19.2 Å². The fraction of sp³-hybridized carbons (Fsp3) is 0.400. The first-order chi connectivity index (χ1) is 20.2. The summed E-state index contributed by atoms with van der Waals surface area (Å²) in [6.45, 7) is 5.57. The van der Waals surface area contributed by atoms with Gasteiger partial charge < -0.3 is 26.6 Å². The second-order valence-corrected chi connectivity index (χ2v) is 8.45. The number of halogens is 8. The molecule has 1 aromatic heterocycles. The van der Waals surface area contributed by atoms with Crippen LogP contribution in [-0.4, -0.2) is 81.9 Å². The third-order valence-electron chi connectivity index (χ3n) is 5.14. The van der Waals surface area contributed by atoms with Crippen LogP contribution in [0.3, 0.4) is 0 Å². The summed E-state index contributed by atoms with van der Waals surface area (Å²) in [6.07, 6.45) is -8.61. The molecule has 0 fully saturated rings. The van der Waals surface area contributed by atoms with Gasteiger partial charge in [0.05, 0.1) is 6.54 Å². The lowest BCUT2D eigenvalue weighted by Gasteiger charge is -2.22. The van der Waals surface area contributed by atoms with Crippen LogP contribution in [0.4, 0.5) is 40.9 Å². The van der Waals surface area contributed by atoms with Crippen LogP contribution >= 0.6 is 0 Å². The van der Waals surface area contributed by atoms with E-state index >= 15 is 0 Å². The molecule has 2 amide bonds. The van der Waals surface area contributed by atoms with Crippen molar-refractivity contribution in [3.8, 4) is 0 Å². The number of nitrogens with zero attached hydrogens (tertiary/aromatic N) is 2. The van der Waals surface area contributed by atoms with E-state index in [4.69, 9.17) is 25.5 Å². The van der Waals surface area contributed by atoms with E-state index in [-0.39, 0.29) is 25.4 Å². The van der Waals surface area contributed by atoms with Gasteiger partial charge in [-0.15, -0.1) is 0 Å². The van der Waals surface area contributed by atoms with Gasteiger partial charge in [0.1, 0.15) is 11.9 Å². The van der Waals surface area contributed by atoms with Crippen molar-refractivity contribution >= 4 is 29.6 Å². The van der Waals surface area contributed by atoms with Crippen LogP contribution in [0.1, 0.15) is 25.0 Å². The minimum absolute atomic E-state index is 0.0208. The van der Waals surface area contributed by atoms with Gasteiger partial charge in [-0.25, -0.2) is 23.4 Å². The lowest BCUT2D eigenvalue weighted by molar-refractivity contribution is -0.193. The molecule has 0 saturated heterocycles. The highest BCUT2D eigenvalue weighted by molar-refractivity contribution is 5.88. The van der Waals surface area contributed by atoms with Crippen LogP contribution in [0.25, 0.3) is 0 Å². The molecule has 0 spiro atoms. The Balaban J connectivity index is 0.00000109. The molecule has 0 unspecified atom stereocenters. The fourth-order valence-corrected chi connectivity index (χ4v) is 2.85. The number of amides is 2. The van der Waals surface area contributed by atoms with Gasteiger partial charge >= 0.3 is 24.3 Å². The number of hydrogen-bond donors (Lipinski definition) is 5. The molecule has 19 heteroatoms. The van der Waals surface area contributed by atoms with Crippen molar-refractivity contribution in [2.45, 2.75) is 45.2 Å². The number of rotatable bonds is 10. The maximum absolute atomic E-state index is 13.6. The van der Waals surface area contributed by atoms with E-state index in [1.54, 1.807) is 18.3 Å². The van der Waals surface area contributed by atoms with E-state index in [1.165, 1.54) is 6.07 Å². The molecule has 0 aliphatic carbocycles. The van der Waals surface area contributed by atoms with E-state index in [0.29, 0.717) is 24.5 Å². The minimum atomic E-state index is -5.08. The summed E-state index contributed by atoms with van der Waals surface area (Å²) in [5, 5.41) is 19.7. The average Bonchev–Trinajstić information content (AvgIpc) is 2.92. The Bertz CT molecular complexity index is 1220. The summed E-state index contributed by atoms with van der Waals surface area (Å²) < 4.78 is 90.3. The third kappa shape index (κ3) is 16.2. The second-order valence-electron chi connectivity index (χ2n) is 8.45. The van der Waals surface area contributed by atoms with E-state index in [9.17, 15) is 44.7 Å². The van der Waals surface area contributed by atoms with Crippen molar-refractivity contribution in [3.63, 3.8) is 0 Å². The topological polar surface area (TPSA) is 175 Å². The number of pyridine rings is 1. The van der Waals surface area contributed by atoms with Crippen LogP contribution in [0.15, 0.2) is 36.5 Å².